The summed E-state index contributed by atoms with van der Waals surface area (Å²) in [6.07, 6.45) is -4.57. The second-order valence-electron chi connectivity index (χ2n) is 7.54. The first-order valence-electron chi connectivity index (χ1n) is 10.1. The molecule has 0 amide bonds. The summed E-state index contributed by atoms with van der Waals surface area (Å²) < 4.78 is 51.3. The fraction of sp³-hybridized carbons (Fsp3) is 0.286. The number of aryl methyl sites for hydroxylation is 1. The molecular formula is C21H17F3N6O3S. The summed E-state index contributed by atoms with van der Waals surface area (Å²) >= 11 is 1.45. The number of carbonyl (C=O) groups is 1. The Hall–Kier alpha value is -3.74. The molecule has 0 spiro atoms. The zero-order chi connectivity index (χ0) is 24.0. The van der Waals surface area contributed by atoms with E-state index in [1.807, 2.05) is 17.9 Å². The minimum Gasteiger partial charge on any atom is -0.465 e. The molecule has 0 bridgehead atoms. The van der Waals surface area contributed by atoms with Crippen molar-refractivity contribution in [1.29, 1.82) is 0 Å². The largest absolute Gasteiger partial charge is 0.465 e. The second kappa shape index (κ2) is 8.24. The Bertz CT molecular complexity index is 1400. The van der Waals surface area contributed by atoms with Crippen LogP contribution in [0.2, 0.25) is 0 Å². The number of rotatable bonds is 4. The molecule has 3 aromatic heterocycles. The molecule has 176 valence electrons. The number of methoxy groups -OCH3 is 1. The predicted molar refractivity (Wildman–Crippen MR) is 116 cm³/mol. The van der Waals surface area contributed by atoms with Crippen LogP contribution in [0.4, 0.5) is 19.0 Å². The van der Waals surface area contributed by atoms with Crippen molar-refractivity contribution in [2.24, 2.45) is 0 Å². The number of thiophene rings is 1. The fourth-order valence-electron chi connectivity index (χ4n) is 3.75. The van der Waals surface area contributed by atoms with Crippen LogP contribution >= 0.6 is 11.3 Å². The molecule has 4 heterocycles. The lowest BCUT2D eigenvalue weighted by atomic mass is 10.2. The lowest BCUT2D eigenvalue weighted by molar-refractivity contribution is -0.147. The third kappa shape index (κ3) is 4.02. The molecule has 5 rings (SSSR count). The normalized spacial score (nSPS) is 13.7. The fourth-order valence-corrected chi connectivity index (χ4v) is 4.62. The Balaban J connectivity index is 1.50. The molecule has 0 radical (unpaired) electrons. The molecule has 0 saturated heterocycles. The van der Waals surface area contributed by atoms with Crippen molar-refractivity contribution >= 4 is 33.3 Å². The monoisotopic (exact) mass is 490 g/mol. The zero-order valence-corrected chi connectivity index (χ0v) is 18.8. The van der Waals surface area contributed by atoms with E-state index in [1.54, 1.807) is 18.2 Å². The van der Waals surface area contributed by atoms with Gasteiger partial charge in [-0.1, -0.05) is 6.07 Å². The molecule has 1 aliphatic rings. The number of halogens is 3. The van der Waals surface area contributed by atoms with E-state index >= 15 is 0 Å². The summed E-state index contributed by atoms with van der Waals surface area (Å²) in [7, 11) is 1.29. The van der Waals surface area contributed by atoms with Crippen molar-refractivity contribution < 1.29 is 27.4 Å². The Morgan fingerprint density at radius 1 is 1.15 bits per heavy atom. The van der Waals surface area contributed by atoms with Crippen molar-refractivity contribution in [3.63, 3.8) is 0 Å². The van der Waals surface area contributed by atoms with E-state index in [2.05, 4.69) is 20.2 Å². The number of fused-ring (bicyclic) bond motifs is 2. The molecule has 0 unspecified atom stereocenters. The highest BCUT2D eigenvalue weighted by molar-refractivity contribution is 7.18. The van der Waals surface area contributed by atoms with Gasteiger partial charge >= 0.3 is 18.2 Å². The van der Waals surface area contributed by atoms with E-state index in [9.17, 15) is 18.0 Å². The van der Waals surface area contributed by atoms with Gasteiger partial charge in [0.05, 0.1) is 24.6 Å². The summed E-state index contributed by atoms with van der Waals surface area (Å²) in [6.45, 7) is 2.36. The summed E-state index contributed by atoms with van der Waals surface area (Å²) in [5.74, 6) is -0.445. The molecule has 1 aromatic carbocycles. The lowest BCUT2D eigenvalue weighted by Crippen LogP contribution is -2.36. The van der Waals surface area contributed by atoms with Gasteiger partial charge in [-0.15, -0.1) is 21.5 Å². The number of hydrogen-bond acceptors (Lipinski definition) is 9. The van der Waals surface area contributed by atoms with Crippen LogP contribution in [0.3, 0.4) is 0 Å². The minimum atomic E-state index is -4.57. The topological polar surface area (TPSA) is 95.3 Å². The van der Waals surface area contributed by atoms with E-state index in [0.29, 0.717) is 22.0 Å². The van der Waals surface area contributed by atoms with E-state index in [4.69, 9.17) is 9.47 Å². The average molecular weight is 490 g/mol. The van der Waals surface area contributed by atoms with Crippen LogP contribution in [-0.2, 0) is 24.0 Å². The van der Waals surface area contributed by atoms with Crippen LogP contribution in [0.25, 0.3) is 10.2 Å². The number of anilines is 1. The van der Waals surface area contributed by atoms with E-state index in [1.165, 1.54) is 24.5 Å². The van der Waals surface area contributed by atoms with Crippen molar-refractivity contribution in [3.05, 3.63) is 52.4 Å². The van der Waals surface area contributed by atoms with Gasteiger partial charge in [0.15, 0.2) is 5.82 Å². The van der Waals surface area contributed by atoms with Gasteiger partial charge in [0.2, 0.25) is 5.82 Å². The van der Waals surface area contributed by atoms with Crippen LogP contribution in [0, 0.1) is 6.92 Å². The van der Waals surface area contributed by atoms with Gasteiger partial charge in [-0.25, -0.2) is 4.79 Å². The number of nitrogens with zero attached hydrogens (tertiary/aromatic N) is 6. The lowest BCUT2D eigenvalue weighted by Gasteiger charge is -2.29. The van der Waals surface area contributed by atoms with Crippen LogP contribution < -0.4 is 9.64 Å². The number of esters is 1. The smallest absolute Gasteiger partial charge is 0.451 e. The molecule has 0 N–H and O–H groups in total. The van der Waals surface area contributed by atoms with Gasteiger partial charge in [-0.3, -0.25) is 0 Å². The van der Waals surface area contributed by atoms with Crippen molar-refractivity contribution in [2.45, 2.75) is 26.2 Å². The third-order valence-electron chi connectivity index (χ3n) is 5.25. The number of benzene rings is 1. The number of aromatic nitrogens is 5. The van der Waals surface area contributed by atoms with Gasteiger partial charge in [-0.05, 0) is 31.2 Å². The minimum absolute atomic E-state index is 0.0504. The summed E-state index contributed by atoms with van der Waals surface area (Å²) in [6, 6.07) is 8.39. The van der Waals surface area contributed by atoms with Crippen molar-refractivity contribution in [3.8, 4) is 11.8 Å². The molecule has 34 heavy (non-hydrogen) atoms. The molecule has 1 aliphatic heterocycles. The SMILES string of the molecule is COC(=O)c1cccc(Oc2nc(N3CCn4c(nnc4C(F)(F)F)C3)c3cc(C)sc3n2)c1. The molecule has 0 atom stereocenters. The maximum Gasteiger partial charge on any atom is 0.451 e. The second-order valence-corrected chi connectivity index (χ2v) is 8.77. The Labute approximate surface area is 194 Å². The average Bonchev–Trinajstić information content (AvgIpc) is 3.40. The molecule has 9 nitrogen and oxygen atoms in total. The Kier molecular flexibility index (Phi) is 5.35. The first-order chi connectivity index (χ1) is 16.2. The van der Waals surface area contributed by atoms with E-state index in [-0.39, 0.29) is 31.5 Å². The van der Waals surface area contributed by atoms with Crippen LogP contribution in [0.15, 0.2) is 30.3 Å². The zero-order valence-electron chi connectivity index (χ0n) is 18.0. The van der Waals surface area contributed by atoms with Crippen LogP contribution in [0.5, 0.6) is 11.8 Å². The Morgan fingerprint density at radius 2 is 1.97 bits per heavy atom. The number of alkyl halides is 3. The number of carbonyl (C=O) groups excluding carboxylic acids is 1. The third-order valence-corrected chi connectivity index (χ3v) is 6.19. The molecular weight excluding hydrogens is 473 g/mol. The highest BCUT2D eigenvalue weighted by atomic mass is 32.1. The van der Waals surface area contributed by atoms with Gasteiger partial charge < -0.3 is 18.9 Å². The molecule has 4 aromatic rings. The first-order valence-corrected chi connectivity index (χ1v) is 10.9. The van der Waals surface area contributed by atoms with Crippen LogP contribution in [-0.4, -0.2) is 44.4 Å². The standard InChI is InChI=1S/C21H17F3N6O3S/c1-11-8-14-16(29-6-7-30-15(10-29)27-28-19(30)21(22,23)24)25-20(26-17(14)34-11)33-13-5-3-4-12(9-13)18(31)32-2/h3-5,8-9H,6-7,10H2,1-2H3. The quantitative estimate of drug-likeness (QED) is 0.393. The predicted octanol–water partition coefficient (Wildman–Crippen LogP) is 4.21. The molecule has 13 heteroatoms. The summed E-state index contributed by atoms with van der Waals surface area (Å²) in [5, 5.41) is 7.84. The summed E-state index contributed by atoms with van der Waals surface area (Å²) in [4.78, 5) is 24.4. The van der Waals surface area contributed by atoms with Crippen molar-refractivity contribution in [2.75, 3.05) is 18.6 Å². The first kappa shape index (κ1) is 22.1. The van der Waals surface area contributed by atoms with Gasteiger partial charge in [0, 0.05) is 18.0 Å². The molecule has 0 aliphatic carbocycles. The van der Waals surface area contributed by atoms with Gasteiger partial charge in [-0.2, -0.15) is 23.1 Å². The molecule has 0 fully saturated rings. The number of ether oxygens (including phenoxy) is 2. The summed E-state index contributed by atoms with van der Waals surface area (Å²) in [5.41, 5.74) is 0.309. The maximum atomic E-state index is 13.2. The molecule has 0 saturated carbocycles. The van der Waals surface area contributed by atoms with E-state index in [0.717, 1.165) is 14.8 Å². The van der Waals surface area contributed by atoms with E-state index < -0.39 is 18.0 Å². The van der Waals surface area contributed by atoms with Crippen LogP contribution in [0.1, 0.15) is 26.9 Å². The van der Waals surface area contributed by atoms with Gasteiger partial charge in [0.1, 0.15) is 16.4 Å². The highest BCUT2D eigenvalue weighted by Gasteiger charge is 2.39. The maximum absolute atomic E-state index is 13.2. The highest BCUT2D eigenvalue weighted by Crippen LogP contribution is 2.36. The van der Waals surface area contributed by atoms with Crippen molar-refractivity contribution in [1.82, 2.24) is 24.7 Å². The van der Waals surface area contributed by atoms with Gasteiger partial charge in [0.25, 0.3) is 0 Å². The number of hydrogen-bond donors (Lipinski definition) is 0. The Morgan fingerprint density at radius 3 is 2.74 bits per heavy atom.